The minimum Gasteiger partial charge on any atom is -0.303 e. The Morgan fingerprint density at radius 1 is 0.966 bits per heavy atom. The number of sulfone groups is 1. The van der Waals surface area contributed by atoms with Crippen molar-refractivity contribution in [1.29, 1.82) is 0 Å². The maximum Gasteiger partial charge on any atom is 0.185 e. The first-order valence-corrected chi connectivity index (χ1v) is 11.6. The molecule has 1 saturated heterocycles. The number of rotatable bonds is 8. The Bertz CT molecular complexity index is 876. The van der Waals surface area contributed by atoms with Gasteiger partial charge in [-0.15, -0.1) is 12.4 Å². The lowest BCUT2D eigenvalue weighted by atomic mass is 10.0. The van der Waals surface area contributed by atoms with Crippen LogP contribution in [0.4, 0.5) is 0 Å². The SMILES string of the molecule is Cc1ccc(S(=O)(=O)C(CC(=O)CCN2CCCCC2)c2ccccc2)cc1.Cl. The molecule has 0 aliphatic carbocycles. The maximum absolute atomic E-state index is 13.3. The van der Waals surface area contributed by atoms with Gasteiger partial charge >= 0.3 is 0 Å². The summed E-state index contributed by atoms with van der Waals surface area (Å²) in [6, 6.07) is 16.0. The van der Waals surface area contributed by atoms with Crippen LogP contribution in [-0.4, -0.2) is 38.7 Å². The summed E-state index contributed by atoms with van der Waals surface area (Å²) < 4.78 is 26.6. The van der Waals surface area contributed by atoms with E-state index in [0.717, 1.165) is 25.2 Å². The number of nitrogens with zero attached hydrogens (tertiary/aromatic N) is 1. The molecule has 1 aliphatic rings. The zero-order valence-corrected chi connectivity index (χ0v) is 18.6. The van der Waals surface area contributed by atoms with E-state index in [2.05, 4.69) is 4.90 Å². The Labute approximate surface area is 180 Å². The van der Waals surface area contributed by atoms with E-state index in [4.69, 9.17) is 0 Å². The standard InChI is InChI=1S/C23H29NO3S.ClH/c1-19-10-12-22(13-11-19)28(26,27)23(20-8-4-2-5-9-20)18-21(25)14-17-24-15-6-3-7-16-24;/h2,4-5,8-13,23H,3,6-7,14-18H2,1H3;1H. The highest BCUT2D eigenvalue weighted by atomic mass is 35.5. The number of Topliss-reactive ketones (excluding diaryl/α,β-unsaturated/α-hetero) is 1. The molecule has 1 unspecified atom stereocenters. The smallest absolute Gasteiger partial charge is 0.185 e. The molecule has 1 atom stereocenters. The Morgan fingerprint density at radius 2 is 1.59 bits per heavy atom. The van der Waals surface area contributed by atoms with E-state index in [9.17, 15) is 13.2 Å². The van der Waals surface area contributed by atoms with Gasteiger partial charge in [-0.2, -0.15) is 0 Å². The van der Waals surface area contributed by atoms with Gasteiger partial charge in [0.25, 0.3) is 0 Å². The van der Waals surface area contributed by atoms with Crippen LogP contribution in [-0.2, 0) is 14.6 Å². The zero-order valence-electron chi connectivity index (χ0n) is 16.9. The highest BCUT2D eigenvalue weighted by Crippen LogP contribution is 2.32. The second-order valence-electron chi connectivity index (χ2n) is 7.65. The van der Waals surface area contributed by atoms with Gasteiger partial charge in [-0.3, -0.25) is 4.79 Å². The normalized spacial score (nSPS) is 16.0. The highest BCUT2D eigenvalue weighted by molar-refractivity contribution is 7.91. The van der Waals surface area contributed by atoms with Crippen LogP contribution in [0.5, 0.6) is 0 Å². The summed E-state index contributed by atoms with van der Waals surface area (Å²) in [5.41, 5.74) is 1.68. The average molecular weight is 436 g/mol. The van der Waals surface area contributed by atoms with Gasteiger partial charge in [0, 0.05) is 19.4 Å². The first-order valence-electron chi connectivity index (χ1n) is 10.1. The Balaban J connectivity index is 0.00000300. The minimum absolute atomic E-state index is 0. The molecule has 4 nitrogen and oxygen atoms in total. The van der Waals surface area contributed by atoms with E-state index in [1.54, 1.807) is 36.4 Å². The van der Waals surface area contributed by atoms with Crippen LogP contribution in [0.1, 0.15) is 48.5 Å². The summed E-state index contributed by atoms with van der Waals surface area (Å²) in [5, 5.41) is -0.842. The summed E-state index contributed by atoms with van der Waals surface area (Å²) in [6.07, 6.45) is 4.06. The van der Waals surface area contributed by atoms with Gasteiger partial charge in [0.05, 0.1) is 10.1 Å². The van der Waals surface area contributed by atoms with Crippen molar-refractivity contribution in [2.45, 2.75) is 49.2 Å². The molecule has 1 heterocycles. The molecule has 0 radical (unpaired) electrons. The fraction of sp³-hybridized carbons (Fsp3) is 0.435. The predicted octanol–water partition coefficient (Wildman–Crippen LogP) is 4.77. The molecule has 0 aromatic heterocycles. The van der Waals surface area contributed by atoms with E-state index in [1.807, 2.05) is 25.1 Å². The van der Waals surface area contributed by atoms with Crippen LogP contribution in [0.15, 0.2) is 59.5 Å². The molecule has 0 saturated carbocycles. The fourth-order valence-electron chi connectivity index (χ4n) is 3.74. The topological polar surface area (TPSA) is 54.5 Å². The summed E-state index contributed by atoms with van der Waals surface area (Å²) in [5.74, 6) is 0.00936. The van der Waals surface area contributed by atoms with E-state index in [1.165, 1.54) is 19.3 Å². The van der Waals surface area contributed by atoms with Gasteiger partial charge in [0.15, 0.2) is 9.84 Å². The molecule has 158 valence electrons. The second-order valence-corrected chi connectivity index (χ2v) is 9.78. The van der Waals surface area contributed by atoms with Gasteiger partial charge in [-0.05, 0) is 50.6 Å². The quantitative estimate of drug-likeness (QED) is 0.599. The van der Waals surface area contributed by atoms with Crippen molar-refractivity contribution >= 4 is 28.0 Å². The van der Waals surface area contributed by atoms with Crippen LogP contribution in [0.2, 0.25) is 0 Å². The molecule has 3 rings (SSSR count). The maximum atomic E-state index is 13.3. The molecular formula is C23H30ClNO3S. The first kappa shape index (κ1) is 23.6. The molecular weight excluding hydrogens is 406 g/mol. The highest BCUT2D eigenvalue weighted by Gasteiger charge is 2.31. The molecule has 6 heteroatoms. The van der Waals surface area contributed by atoms with Gasteiger partial charge < -0.3 is 4.90 Å². The number of carbonyl (C=O) groups excluding carboxylic acids is 1. The molecule has 1 aliphatic heterocycles. The molecule has 0 amide bonds. The van der Waals surface area contributed by atoms with Crippen molar-refractivity contribution in [3.63, 3.8) is 0 Å². The van der Waals surface area contributed by atoms with Crippen molar-refractivity contribution in [3.05, 3.63) is 65.7 Å². The number of hydrogen-bond acceptors (Lipinski definition) is 4. The van der Waals surface area contributed by atoms with E-state index < -0.39 is 15.1 Å². The summed E-state index contributed by atoms with van der Waals surface area (Å²) >= 11 is 0. The van der Waals surface area contributed by atoms with Crippen LogP contribution >= 0.6 is 12.4 Å². The van der Waals surface area contributed by atoms with Gasteiger partial charge in [-0.25, -0.2) is 8.42 Å². The van der Waals surface area contributed by atoms with Crippen LogP contribution < -0.4 is 0 Å². The minimum atomic E-state index is -3.64. The molecule has 0 bridgehead atoms. The third-order valence-electron chi connectivity index (χ3n) is 5.46. The number of likely N-dealkylation sites (tertiary alicyclic amines) is 1. The van der Waals surface area contributed by atoms with Crippen molar-refractivity contribution in [2.24, 2.45) is 0 Å². The van der Waals surface area contributed by atoms with Gasteiger partial charge in [-0.1, -0.05) is 54.4 Å². The number of hydrogen-bond donors (Lipinski definition) is 0. The zero-order chi connectivity index (χ0) is 20.0. The lowest BCUT2D eigenvalue weighted by Crippen LogP contribution is -2.32. The molecule has 2 aromatic carbocycles. The van der Waals surface area contributed by atoms with Crippen LogP contribution in [0.3, 0.4) is 0 Å². The molecule has 2 aromatic rings. The first-order chi connectivity index (χ1) is 13.5. The van der Waals surface area contributed by atoms with Crippen LogP contribution in [0.25, 0.3) is 0 Å². The second kappa shape index (κ2) is 10.9. The number of piperidine rings is 1. The summed E-state index contributed by atoms with van der Waals surface area (Å²) in [6.45, 7) is 4.73. The van der Waals surface area contributed by atoms with Gasteiger partial charge in [0.2, 0.25) is 0 Å². The van der Waals surface area contributed by atoms with E-state index >= 15 is 0 Å². The third kappa shape index (κ3) is 6.39. The summed E-state index contributed by atoms with van der Waals surface area (Å²) in [7, 11) is -3.64. The van der Waals surface area contributed by atoms with Crippen molar-refractivity contribution < 1.29 is 13.2 Å². The monoisotopic (exact) mass is 435 g/mol. The van der Waals surface area contributed by atoms with Crippen molar-refractivity contribution in [3.8, 4) is 0 Å². The number of halogens is 1. The number of aryl methyl sites for hydroxylation is 1. The number of benzene rings is 2. The van der Waals surface area contributed by atoms with Gasteiger partial charge in [0.1, 0.15) is 5.78 Å². The van der Waals surface area contributed by atoms with E-state index in [0.29, 0.717) is 12.0 Å². The lowest BCUT2D eigenvalue weighted by molar-refractivity contribution is -0.119. The fourth-order valence-corrected chi connectivity index (χ4v) is 5.51. The summed E-state index contributed by atoms with van der Waals surface area (Å²) in [4.78, 5) is 15.3. The molecule has 0 N–H and O–H groups in total. The van der Waals surface area contributed by atoms with E-state index in [-0.39, 0.29) is 29.5 Å². The van der Waals surface area contributed by atoms with Crippen molar-refractivity contribution in [2.75, 3.05) is 19.6 Å². The molecule has 1 fully saturated rings. The number of ketones is 1. The average Bonchev–Trinajstić information content (AvgIpc) is 2.72. The largest absolute Gasteiger partial charge is 0.303 e. The molecule has 0 spiro atoms. The number of carbonyl (C=O) groups is 1. The Hall–Kier alpha value is -1.69. The Kier molecular flexibility index (Phi) is 8.87. The third-order valence-corrected chi connectivity index (χ3v) is 7.58. The van der Waals surface area contributed by atoms with Crippen molar-refractivity contribution in [1.82, 2.24) is 4.90 Å². The lowest BCUT2D eigenvalue weighted by Gasteiger charge is -2.26. The molecule has 29 heavy (non-hydrogen) atoms. The predicted molar refractivity (Wildman–Crippen MR) is 119 cm³/mol. The Morgan fingerprint density at radius 3 is 2.21 bits per heavy atom. The van der Waals surface area contributed by atoms with Crippen LogP contribution in [0, 0.1) is 6.92 Å².